The summed E-state index contributed by atoms with van der Waals surface area (Å²) in [6.07, 6.45) is 2.10. The van der Waals surface area contributed by atoms with Crippen molar-refractivity contribution in [2.45, 2.75) is 11.3 Å². The highest BCUT2D eigenvalue weighted by Crippen LogP contribution is 2.27. The molecule has 0 saturated carbocycles. The second-order valence-corrected chi connectivity index (χ2v) is 8.09. The van der Waals surface area contributed by atoms with Gasteiger partial charge in [0.25, 0.3) is 5.91 Å². The third-order valence-corrected chi connectivity index (χ3v) is 5.02. The van der Waals surface area contributed by atoms with E-state index in [4.69, 9.17) is 28.3 Å². The highest BCUT2D eigenvalue weighted by Gasteiger charge is 2.19. The molecule has 3 N–H and O–H groups in total. The fraction of sp³-hybridized carbons (Fsp3) is 0.364. The largest absolute Gasteiger partial charge is 0.352 e. The van der Waals surface area contributed by atoms with E-state index in [1.54, 1.807) is 6.26 Å². The van der Waals surface area contributed by atoms with Crippen LogP contribution in [0.25, 0.3) is 0 Å². The number of nitrogens with two attached hydrogens (primary N) is 1. The molecule has 0 aliphatic rings. The maximum absolute atomic E-state index is 12.0. The van der Waals surface area contributed by atoms with E-state index in [-0.39, 0.29) is 20.5 Å². The quantitative estimate of drug-likeness (QED) is 0.729. The molecule has 1 aromatic carbocycles. The average molecular weight is 373 g/mol. The van der Waals surface area contributed by atoms with Crippen LogP contribution in [-0.4, -0.2) is 37.1 Å². The summed E-state index contributed by atoms with van der Waals surface area (Å²) in [6.45, 7) is 0.294. The van der Waals surface area contributed by atoms with Crippen LogP contribution in [0.3, 0.4) is 0 Å². The lowest BCUT2D eigenvalue weighted by atomic mass is 10.2. The molecule has 0 heterocycles. The van der Waals surface area contributed by atoms with Crippen molar-refractivity contribution in [3.8, 4) is 0 Å². The van der Waals surface area contributed by atoms with Crippen LogP contribution in [0.2, 0.25) is 10.0 Å². The number of rotatable bonds is 6. The van der Waals surface area contributed by atoms with E-state index in [9.17, 15) is 17.4 Å². The van der Waals surface area contributed by atoms with Crippen LogP contribution in [-0.2, 0) is 20.8 Å². The highest BCUT2D eigenvalue weighted by atomic mass is 35.5. The van der Waals surface area contributed by atoms with Crippen molar-refractivity contribution >= 4 is 49.9 Å². The Bertz CT molecular complexity index is 677. The summed E-state index contributed by atoms with van der Waals surface area (Å²) in [7, 11) is -4.99. The van der Waals surface area contributed by atoms with Crippen LogP contribution in [0, 0.1) is 0 Å². The number of primary sulfonamides is 1. The maximum Gasteiger partial charge on any atom is 0.252 e. The van der Waals surface area contributed by atoms with Crippen molar-refractivity contribution in [3.63, 3.8) is 0 Å². The van der Waals surface area contributed by atoms with E-state index < -0.39 is 26.7 Å². The van der Waals surface area contributed by atoms with Gasteiger partial charge in [0.15, 0.2) is 0 Å². The van der Waals surface area contributed by atoms with Gasteiger partial charge in [-0.2, -0.15) is 0 Å². The molecule has 0 saturated heterocycles. The van der Waals surface area contributed by atoms with Gasteiger partial charge < -0.3 is 5.32 Å². The van der Waals surface area contributed by atoms with Gasteiger partial charge in [0.05, 0.1) is 15.6 Å². The van der Waals surface area contributed by atoms with Gasteiger partial charge in [-0.1, -0.05) is 23.2 Å². The summed E-state index contributed by atoms with van der Waals surface area (Å²) in [5.41, 5.74) is -0.0392. The first-order valence-corrected chi connectivity index (χ1v) is 9.76. The molecule has 0 spiro atoms. The van der Waals surface area contributed by atoms with E-state index in [1.165, 1.54) is 0 Å². The molecule has 0 fully saturated rings. The Hall–Kier alpha value is -0.670. The molecule has 0 aliphatic heterocycles. The number of carbonyl (C=O) groups is 1. The van der Waals surface area contributed by atoms with E-state index in [0.29, 0.717) is 18.7 Å². The summed E-state index contributed by atoms with van der Waals surface area (Å²) in [5, 5.41) is 7.43. The lowest BCUT2D eigenvalue weighted by Crippen LogP contribution is -2.26. The molecule has 0 aliphatic carbocycles. The number of hydrogen-bond donors (Lipinski definition) is 2. The Morgan fingerprint density at radius 2 is 1.95 bits per heavy atom. The van der Waals surface area contributed by atoms with Gasteiger partial charge in [-0.05, 0) is 18.6 Å². The van der Waals surface area contributed by atoms with Crippen LogP contribution >= 0.6 is 23.2 Å². The second kappa shape index (κ2) is 7.55. The smallest absolute Gasteiger partial charge is 0.252 e. The highest BCUT2D eigenvalue weighted by molar-refractivity contribution is 7.89. The fourth-order valence-corrected chi connectivity index (χ4v) is 3.45. The monoisotopic (exact) mass is 372 g/mol. The SMILES string of the molecule is CS(=O)CCCNC(=O)c1cc(S(N)(=O)=O)c(Cl)cc1Cl. The normalized spacial score (nSPS) is 13.0. The summed E-state index contributed by atoms with van der Waals surface area (Å²) in [5.74, 6) is -0.0969. The number of hydrogen-bond acceptors (Lipinski definition) is 4. The van der Waals surface area contributed by atoms with Crippen LogP contribution in [0.1, 0.15) is 16.8 Å². The van der Waals surface area contributed by atoms with Gasteiger partial charge in [0.1, 0.15) is 4.90 Å². The standard InChI is InChI=1S/C11H14Cl2N2O4S2/c1-20(17)4-2-3-15-11(16)7-5-10(21(14,18)19)9(13)6-8(7)12/h5-6H,2-4H2,1H3,(H,15,16)(H2,14,18,19). The fourth-order valence-electron chi connectivity index (χ4n) is 1.49. The van der Waals surface area contributed by atoms with E-state index >= 15 is 0 Å². The lowest BCUT2D eigenvalue weighted by molar-refractivity contribution is 0.0953. The number of nitrogens with one attached hydrogen (secondary N) is 1. The Morgan fingerprint density at radius 1 is 1.33 bits per heavy atom. The molecule has 1 unspecified atom stereocenters. The molecular formula is C11H14Cl2N2O4S2. The van der Waals surface area contributed by atoms with E-state index in [0.717, 1.165) is 12.1 Å². The van der Waals surface area contributed by atoms with Crippen molar-refractivity contribution in [2.75, 3.05) is 18.6 Å². The average Bonchev–Trinajstić information content (AvgIpc) is 2.32. The zero-order chi connectivity index (χ0) is 16.2. The topological polar surface area (TPSA) is 106 Å². The van der Waals surface area contributed by atoms with E-state index in [1.807, 2.05) is 0 Å². The molecular weight excluding hydrogens is 359 g/mol. The minimum atomic E-state index is -4.05. The van der Waals surface area contributed by atoms with Crippen LogP contribution in [0.15, 0.2) is 17.0 Å². The number of amides is 1. The number of benzene rings is 1. The minimum Gasteiger partial charge on any atom is -0.352 e. The van der Waals surface area contributed by atoms with Crippen LogP contribution in [0.4, 0.5) is 0 Å². The summed E-state index contributed by atoms with van der Waals surface area (Å²) >= 11 is 11.6. The maximum atomic E-state index is 12.0. The summed E-state index contributed by atoms with van der Waals surface area (Å²) in [6, 6.07) is 2.19. The van der Waals surface area contributed by atoms with Crippen molar-refractivity contribution in [2.24, 2.45) is 5.14 Å². The molecule has 1 rings (SSSR count). The number of sulfonamides is 1. The Balaban J connectivity index is 2.92. The molecule has 118 valence electrons. The van der Waals surface area contributed by atoms with Gasteiger partial charge in [-0.25, -0.2) is 13.6 Å². The van der Waals surface area contributed by atoms with Crippen LogP contribution < -0.4 is 10.5 Å². The molecule has 6 nitrogen and oxygen atoms in total. The number of carbonyl (C=O) groups excluding carboxylic acids is 1. The zero-order valence-electron chi connectivity index (χ0n) is 11.1. The third-order valence-electron chi connectivity index (χ3n) is 2.47. The van der Waals surface area contributed by atoms with Gasteiger partial charge in [0, 0.05) is 29.4 Å². The minimum absolute atomic E-state index is 0.0176. The third kappa shape index (κ3) is 5.55. The van der Waals surface area contributed by atoms with Gasteiger partial charge in [0.2, 0.25) is 10.0 Å². The first-order chi connectivity index (χ1) is 9.62. The van der Waals surface area contributed by atoms with E-state index in [2.05, 4.69) is 5.32 Å². The van der Waals surface area contributed by atoms with Crippen molar-refractivity contribution < 1.29 is 17.4 Å². The van der Waals surface area contributed by atoms with Crippen LogP contribution in [0.5, 0.6) is 0 Å². The van der Waals surface area contributed by atoms with Gasteiger partial charge >= 0.3 is 0 Å². The Labute approximate surface area is 135 Å². The lowest BCUT2D eigenvalue weighted by Gasteiger charge is -2.09. The van der Waals surface area contributed by atoms with Gasteiger partial charge in [-0.3, -0.25) is 9.00 Å². The molecule has 21 heavy (non-hydrogen) atoms. The first kappa shape index (κ1) is 18.4. The molecule has 1 atom stereocenters. The predicted octanol–water partition coefficient (Wildman–Crippen LogP) is 1.14. The van der Waals surface area contributed by atoms with Crippen molar-refractivity contribution in [1.29, 1.82) is 0 Å². The number of halogens is 2. The molecule has 10 heteroatoms. The first-order valence-electron chi connectivity index (χ1n) is 5.73. The Kier molecular flexibility index (Phi) is 6.61. The zero-order valence-corrected chi connectivity index (χ0v) is 14.2. The second-order valence-electron chi connectivity index (χ2n) is 4.19. The molecule has 0 aromatic heterocycles. The van der Waals surface area contributed by atoms with Crippen molar-refractivity contribution in [1.82, 2.24) is 5.32 Å². The van der Waals surface area contributed by atoms with Crippen molar-refractivity contribution in [3.05, 3.63) is 27.7 Å². The van der Waals surface area contributed by atoms with Gasteiger partial charge in [-0.15, -0.1) is 0 Å². The summed E-state index contributed by atoms with van der Waals surface area (Å²) < 4.78 is 33.6. The predicted molar refractivity (Wildman–Crippen MR) is 83.7 cm³/mol. The molecule has 0 radical (unpaired) electrons. The summed E-state index contributed by atoms with van der Waals surface area (Å²) in [4.78, 5) is 11.6. The molecule has 0 bridgehead atoms. The molecule has 1 amide bonds. The Morgan fingerprint density at radius 3 is 2.48 bits per heavy atom. The molecule has 1 aromatic rings.